The number of ether oxygens (including phenoxy) is 2. The Bertz CT molecular complexity index is 588. The summed E-state index contributed by atoms with van der Waals surface area (Å²) >= 11 is 6.25. The first-order chi connectivity index (χ1) is 11.7. The van der Waals surface area contributed by atoms with Gasteiger partial charge in [0, 0.05) is 19.1 Å². The number of nitrogens with one attached hydrogen (secondary N) is 1. The molecule has 0 atom stereocenters. The number of rotatable bonds is 4. The molecule has 1 heterocycles. The Morgan fingerprint density at radius 2 is 2.00 bits per heavy atom. The number of amides is 2. The maximum absolute atomic E-state index is 12.5. The van der Waals surface area contributed by atoms with Crippen molar-refractivity contribution >= 4 is 17.6 Å². The molecule has 0 unspecified atom stereocenters. The number of carbonyl (C=O) groups is 1. The van der Waals surface area contributed by atoms with Crippen LogP contribution in [0.15, 0.2) is 12.1 Å². The summed E-state index contributed by atoms with van der Waals surface area (Å²) in [6.45, 7) is 4.23. The summed E-state index contributed by atoms with van der Waals surface area (Å²) < 4.78 is 11.1. The predicted molar refractivity (Wildman–Crippen MR) is 93.9 cm³/mol. The Hall–Kier alpha value is -1.62. The molecule has 0 spiro atoms. The Morgan fingerprint density at radius 1 is 1.25 bits per heavy atom. The molecule has 2 amide bonds. The van der Waals surface area contributed by atoms with Crippen LogP contribution >= 0.6 is 11.6 Å². The highest BCUT2D eigenvalue weighted by molar-refractivity contribution is 6.32. The maximum Gasteiger partial charge on any atom is 0.317 e. The van der Waals surface area contributed by atoms with Gasteiger partial charge < -0.3 is 19.7 Å². The lowest BCUT2D eigenvalue weighted by Gasteiger charge is -2.33. The van der Waals surface area contributed by atoms with E-state index in [4.69, 9.17) is 21.1 Å². The number of hydrogen-bond acceptors (Lipinski definition) is 3. The largest absolute Gasteiger partial charge is 0.486 e. The van der Waals surface area contributed by atoms with Gasteiger partial charge in [-0.25, -0.2) is 4.79 Å². The lowest BCUT2D eigenvalue weighted by molar-refractivity contribution is 0.159. The molecule has 1 aliphatic heterocycles. The Morgan fingerprint density at radius 3 is 2.75 bits per heavy atom. The van der Waals surface area contributed by atoms with Crippen molar-refractivity contribution in [1.29, 1.82) is 0 Å². The number of benzene rings is 1. The van der Waals surface area contributed by atoms with Crippen LogP contribution in [0.1, 0.15) is 44.6 Å². The summed E-state index contributed by atoms with van der Waals surface area (Å²) in [7, 11) is 0. The van der Waals surface area contributed by atoms with E-state index in [0.717, 1.165) is 24.9 Å². The summed E-state index contributed by atoms with van der Waals surface area (Å²) in [6.07, 6.45) is 5.93. The van der Waals surface area contributed by atoms with Crippen LogP contribution in [-0.4, -0.2) is 36.7 Å². The van der Waals surface area contributed by atoms with Gasteiger partial charge in [-0.15, -0.1) is 0 Å². The van der Waals surface area contributed by atoms with E-state index in [-0.39, 0.29) is 6.03 Å². The van der Waals surface area contributed by atoms with Crippen molar-refractivity contribution in [3.63, 3.8) is 0 Å². The molecule has 1 aromatic rings. The molecule has 5 nitrogen and oxygen atoms in total. The molecule has 0 radical (unpaired) electrons. The van der Waals surface area contributed by atoms with Gasteiger partial charge in [-0.1, -0.05) is 30.9 Å². The van der Waals surface area contributed by atoms with Crippen molar-refractivity contribution in [2.24, 2.45) is 0 Å². The highest BCUT2D eigenvalue weighted by Crippen LogP contribution is 2.38. The van der Waals surface area contributed by atoms with Crippen LogP contribution < -0.4 is 14.8 Å². The first kappa shape index (κ1) is 17.2. The predicted octanol–water partition coefficient (Wildman–Crippen LogP) is 3.98. The second kappa shape index (κ2) is 7.97. The van der Waals surface area contributed by atoms with Gasteiger partial charge in [-0.2, -0.15) is 0 Å². The highest BCUT2D eigenvalue weighted by atomic mass is 35.5. The van der Waals surface area contributed by atoms with Gasteiger partial charge in [-0.05, 0) is 37.5 Å². The molecule has 1 aliphatic carbocycles. The summed E-state index contributed by atoms with van der Waals surface area (Å²) in [4.78, 5) is 14.5. The number of halogens is 1. The first-order valence-corrected chi connectivity index (χ1v) is 9.19. The Balaban J connectivity index is 1.62. The molecule has 0 saturated heterocycles. The van der Waals surface area contributed by atoms with E-state index in [1.165, 1.54) is 19.3 Å². The minimum absolute atomic E-state index is 0.00425. The fourth-order valence-corrected chi connectivity index (χ4v) is 3.79. The minimum Gasteiger partial charge on any atom is -0.486 e. The van der Waals surface area contributed by atoms with Gasteiger partial charge in [0.15, 0.2) is 11.5 Å². The lowest BCUT2D eigenvalue weighted by Crippen LogP contribution is -2.46. The van der Waals surface area contributed by atoms with Gasteiger partial charge in [-0.3, -0.25) is 0 Å². The van der Waals surface area contributed by atoms with Crippen molar-refractivity contribution in [3.05, 3.63) is 22.7 Å². The van der Waals surface area contributed by atoms with E-state index < -0.39 is 0 Å². The smallest absolute Gasteiger partial charge is 0.317 e. The quantitative estimate of drug-likeness (QED) is 0.891. The highest BCUT2D eigenvalue weighted by Gasteiger charge is 2.24. The topological polar surface area (TPSA) is 50.8 Å². The average Bonchev–Trinajstić information content (AvgIpc) is 2.61. The molecule has 2 aliphatic rings. The molecule has 1 N–H and O–H groups in total. The molecule has 132 valence electrons. The van der Waals surface area contributed by atoms with E-state index in [9.17, 15) is 4.79 Å². The standard InChI is InChI=1S/C18H25ClN2O3/c1-2-21(14-6-4-3-5-7-14)18(22)20-12-13-10-15(19)17-16(11-13)23-8-9-24-17/h10-11,14H,2-9,12H2,1H3,(H,20,22). The fourth-order valence-electron chi connectivity index (χ4n) is 3.51. The van der Waals surface area contributed by atoms with Crippen LogP contribution in [0.2, 0.25) is 5.02 Å². The van der Waals surface area contributed by atoms with Crippen LogP contribution in [0.5, 0.6) is 11.5 Å². The zero-order valence-corrected chi connectivity index (χ0v) is 14.9. The van der Waals surface area contributed by atoms with Crippen LogP contribution in [0, 0.1) is 0 Å². The lowest BCUT2D eigenvalue weighted by atomic mass is 9.94. The summed E-state index contributed by atoms with van der Waals surface area (Å²) in [5.74, 6) is 1.24. The van der Waals surface area contributed by atoms with Crippen molar-refractivity contribution in [2.45, 2.75) is 51.6 Å². The molecular formula is C18H25ClN2O3. The zero-order chi connectivity index (χ0) is 16.9. The molecular weight excluding hydrogens is 328 g/mol. The molecule has 0 bridgehead atoms. The van der Waals surface area contributed by atoms with Crippen molar-refractivity contribution in [1.82, 2.24) is 10.2 Å². The summed E-state index contributed by atoms with van der Waals surface area (Å²) in [5, 5.41) is 3.54. The van der Waals surface area contributed by atoms with Gasteiger partial charge >= 0.3 is 6.03 Å². The Labute approximate surface area is 148 Å². The number of fused-ring (bicyclic) bond motifs is 1. The van der Waals surface area contributed by atoms with Gasteiger partial charge in [0.2, 0.25) is 0 Å². The van der Waals surface area contributed by atoms with Crippen LogP contribution in [0.3, 0.4) is 0 Å². The van der Waals surface area contributed by atoms with Crippen molar-refractivity contribution < 1.29 is 14.3 Å². The minimum atomic E-state index is -0.00425. The second-order valence-corrected chi connectivity index (χ2v) is 6.75. The molecule has 3 rings (SSSR count). The summed E-state index contributed by atoms with van der Waals surface area (Å²) in [6, 6.07) is 4.08. The third-order valence-electron chi connectivity index (χ3n) is 4.72. The SMILES string of the molecule is CCN(C(=O)NCc1cc(Cl)c2c(c1)OCCO2)C1CCCCC1. The van der Waals surface area contributed by atoms with E-state index in [1.807, 2.05) is 24.0 Å². The normalized spacial score (nSPS) is 17.4. The van der Waals surface area contributed by atoms with Crippen LogP contribution in [0.4, 0.5) is 4.79 Å². The van der Waals surface area contributed by atoms with Crippen LogP contribution in [-0.2, 0) is 6.54 Å². The number of carbonyl (C=O) groups excluding carboxylic acids is 1. The molecule has 1 saturated carbocycles. The third kappa shape index (κ3) is 3.89. The molecule has 1 aromatic carbocycles. The average molecular weight is 353 g/mol. The Kier molecular flexibility index (Phi) is 5.72. The molecule has 24 heavy (non-hydrogen) atoms. The second-order valence-electron chi connectivity index (χ2n) is 6.34. The molecule has 0 aromatic heterocycles. The number of urea groups is 1. The monoisotopic (exact) mass is 352 g/mol. The summed E-state index contributed by atoms with van der Waals surface area (Å²) in [5.41, 5.74) is 0.914. The molecule has 1 fully saturated rings. The van der Waals surface area contributed by atoms with Crippen molar-refractivity contribution in [2.75, 3.05) is 19.8 Å². The zero-order valence-electron chi connectivity index (χ0n) is 14.1. The molecule has 6 heteroatoms. The van der Waals surface area contributed by atoms with Gasteiger partial charge in [0.25, 0.3) is 0 Å². The number of nitrogens with zero attached hydrogens (tertiary/aromatic N) is 1. The third-order valence-corrected chi connectivity index (χ3v) is 5.00. The van der Waals surface area contributed by atoms with E-state index in [0.29, 0.717) is 42.3 Å². The van der Waals surface area contributed by atoms with Crippen LogP contribution in [0.25, 0.3) is 0 Å². The number of hydrogen-bond donors (Lipinski definition) is 1. The van der Waals surface area contributed by atoms with Gasteiger partial charge in [0.05, 0.1) is 5.02 Å². The maximum atomic E-state index is 12.5. The first-order valence-electron chi connectivity index (χ1n) is 8.81. The van der Waals surface area contributed by atoms with E-state index in [1.54, 1.807) is 0 Å². The van der Waals surface area contributed by atoms with Crippen molar-refractivity contribution in [3.8, 4) is 11.5 Å². The van der Waals surface area contributed by atoms with Gasteiger partial charge in [0.1, 0.15) is 13.2 Å². The van der Waals surface area contributed by atoms with E-state index in [2.05, 4.69) is 5.32 Å². The van der Waals surface area contributed by atoms with E-state index >= 15 is 0 Å². The fraction of sp³-hybridized carbons (Fsp3) is 0.611.